The summed E-state index contributed by atoms with van der Waals surface area (Å²) in [5, 5.41) is 4.87. The summed E-state index contributed by atoms with van der Waals surface area (Å²) < 4.78 is 0. The van der Waals surface area contributed by atoms with Crippen molar-refractivity contribution in [2.45, 2.75) is 13.5 Å². The Hall–Kier alpha value is -1.85. The van der Waals surface area contributed by atoms with Crippen molar-refractivity contribution >= 4 is 22.9 Å². The van der Waals surface area contributed by atoms with E-state index in [1.807, 2.05) is 36.6 Å². The molecule has 18 heavy (non-hydrogen) atoms. The van der Waals surface area contributed by atoms with Gasteiger partial charge in [0.2, 0.25) is 0 Å². The van der Waals surface area contributed by atoms with E-state index in [1.165, 1.54) is 0 Å². The van der Waals surface area contributed by atoms with E-state index in [2.05, 4.69) is 10.7 Å². The molecule has 1 amide bonds. The van der Waals surface area contributed by atoms with E-state index < -0.39 is 0 Å². The fourth-order valence-electron chi connectivity index (χ4n) is 1.65. The molecule has 5 heteroatoms. The average molecular weight is 261 g/mol. The predicted molar refractivity (Wildman–Crippen MR) is 74.5 cm³/mol. The average Bonchev–Trinajstić information content (AvgIpc) is 2.89. The molecule has 0 atom stereocenters. The Kier molecular flexibility index (Phi) is 3.96. The van der Waals surface area contributed by atoms with Crippen LogP contribution in [0.15, 0.2) is 35.7 Å². The largest absolute Gasteiger partial charge is 0.347 e. The first kappa shape index (κ1) is 12.6. The van der Waals surface area contributed by atoms with Gasteiger partial charge in [0.05, 0.1) is 17.8 Å². The number of nitrogen functional groups attached to an aromatic ring is 1. The molecule has 1 heterocycles. The number of aryl methyl sites for hydroxylation is 1. The summed E-state index contributed by atoms with van der Waals surface area (Å²) in [6, 6.07) is 9.48. The van der Waals surface area contributed by atoms with Gasteiger partial charge in [-0.05, 0) is 30.5 Å². The number of amides is 1. The summed E-state index contributed by atoms with van der Waals surface area (Å²) in [6.45, 7) is 2.48. The molecular formula is C13H15N3OS. The highest BCUT2D eigenvalue weighted by Gasteiger charge is 2.10. The Bertz CT molecular complexity index is 537. The van der Waals surface area contributed by atoms with E-state index in [1.54, 1.807) is 17.4 Å². The number of thiophene rings is 1. The van der Waals surface area contributed by atoms with E-state index in [-0.39, 0.29) is 5.91 Å². The van der Waals surface area contributed by atoms with E-state index in [0.29, 0.717) is 17.8 Å². The molecule has 2 aromatic rings. The van der Waals surface area contributed by atoms with Crippen LogP contribution in [0.4, 0.5) is 5.69 Å². The lowest BCUT2D eigenvalue weighted by atomic mass is 10.1. The minimum atomic E-state index is -0.125. The molecule has 1 aromatic carbocycles. The molecule has 0 radical (unpaired) electrons. The second kappa shape index (κ2) is 5.66. The van der Waals surface area contributed by atoms with Crippen LogP contribution in [-0.2, 0) is 6.54 Å². The first-order valence-electron chi connectivity index (χ1n) is 5.58. The van der Waals surface area contributed by atoms with Crippen LogP contribution in [0, 0.1) is 6.92 Å². The minimum Gasteiger partial charge on any atom is -0.347 e. The van der Waals surface area contributed by atoms with Gasteiger partial charge in [0.15, 0.2) is 0 Å². The van der Waals surface area contributed by atoms with Crippen molar-refractivity contribution in [2.75, 3.05) is 5.43 Å². The van der Waals surface area contributed by atoms with Gasteiger partial charge in [-0.3, -0.25) is 10.6 Å². The normalized spacial score (nSPS) is 10.1. The summed E-state index contributed by atoms with van der Waals surface area (Å²) in [5.41, 5.74) is 4.75. The van der Waals surface area contributed by atoms with Gasteiger partial charge in [0.1, 0.15) is 0 Å². The molecule has 0 bridgehead atoms. The quantitative estimate of drug-likeness (QED) is 0.584. The first-order chi connectivity index (χ1) is 8.70. The molecular weight excluding hydrogens is 246 g/mol. The van der Waals surface area contributed by atoms with Crippen molar-refractivity contribution in [1.82, 2.24) is 5.32 Å². The van der Waals surface area contributed by atoms with Gasteiger partial charge in [0, 0.05) is 4.88 Å². The lowest BCUT2D eigenvalue weighted by Gasteiger charge is -2.10. The van der Waals surface area contributed by atoms with Gasteiger partial charge in [-0.1, -0.05) is 17.7 Å². The van der Waals surface area contributed by atoms with Crippen molar-refractivity contribution < 1.29 is 4.79 Å². The summed E-state index contributed by atoms with van der Waals surface area (Å²) >= 11 is 1.62. The van der Waals surface area contributed by atoms with Gasteiger partial charge in [0.25, 0.3) is 5.91 Å². The number of benzene rings is 1. The smallest absolute Gasteiger partial charge is 0.253 e. The Morgan fingerprint density at radius 3 is 2.89 bits per heavy atom. The molecule has 0 aliphatic heterocycles. The van der Waals surface area contributed by atoms with E-state index in [9.17, 15) is 4.79 Å². The zero-order valence-electron chi connectivity index (χ0n) is 10.1. The highest BCUT2D eigenvalue weighted by molar-refractivity contribution is 7.09. The third-order valence-electron chi connectivity index (χ3n) is 2.58. The molecule has 1 aromatic heterocycles. The van der Waals surface area contributed by atoms with Crippen molar-refractivity contribution in [3.05, 3.63) is 51.7 Å². The molecule has 0 fully saturated rings. The third-order valence-corrected chi connectivity index (χ3v) is 3.45. The van der Waals surface area contributed by atoms with Crippen LogP contribution in [0.5, 0.6) is 0 Å². The predicted octanol–water partition coefficient (Wildman–Crippen LogP) is 2.27. The number of carbonyl (C=O) groups is 1. The molecule has 2 rings (SSSR count). The number of hydrogen-bond donors (Lipinski definition) is 3. The molecule has 0 saturated carbocycles. The standard InChI is InChI=1S/C13H15N3OS/c1-9-4-5-12(16-14)11(7-9)13(17)15-8-10-3-2-6-18-10/h2-7,16H,8,14H2,1H3,(H,15,17). The Morgan fingerprint density at radius 1 is 1.39 bits per heavy atom. The lowest BCUT2D eigenvalue weighted by molar-refractivity contribution is 0.0952. The number of anilines is 1. The van der Waals surface area contributed by atoms with Crippen molar-refractivity contribution in [3.8, 4) is 0 Å². The fraction of sp³-hybridized carbons (Fsp3) is 0.154. The number of carbonyl (C=O) groups excluding carboxylic acids is 1. The molecule has 0 saturated heterocycles. The van der Waals surface area contributed by atoms with Crippen LogP contribution in [0.3, 0.4) is 0 Å². The Morgan fingerprint density at radius 2 is 2.22 bits per heavy atom. The second-order valence-corrected chi connectivity index (χ2v) is 4.99. The highest BCUT2D eigenvalue weighted by Crippen LogP contribution is 2.16. The molecule has 0 aliphatic rings. The highest BCUT2D eigenvalue weighted by atomic mass is 32.1. The van der Waals surface area contributed by atoms with E-state index in [0.717, 1.165) is 10.4 Å². The van der Waals surface area contributed by atoms with Gasteiger partial charge < -0.3 is 10.7 Å². The second-order valence-electron chi connectivity index (χ2n) is 3.96. The Balaban J connectivity index is 2.10. The zero-order valence-corrected chi connectivity index (χ0v) is 10.9. The molecule has 0 unspecified atom stereocenters. The molecule has 4 N–H and O–H groups in total. The van der Waals surface area contributed by atoms with Crippen LogP contribution >= 0.6 is 11.3 Å². The fourth-order valence-corrected chi connectivity index (χ4v) is 2.29. The minimum absolute atomic E-state index is 0.125. The number of rotatable bonds is 4. The van der Waals surface area contributed by atoms with Gasteiger partial charge >= 0.3 is 0 Å². The van der Waals surface area contributed by atoms with Crippen molar-refractivity contribution in [3.63, 3.8) is 0 Å². The monoisotopic (exact) mass is 261 g/mol. The summed E-state index contributed by atoms with van der Waals surface area (Å²) in [5.74, 6) is 5.28. The van der Waals surface area contributed by atoms with E-state index >= 15 is 0 Å². The van der Waals surface area contributed by atoms with Crippen LogP contribution in [0.2, 0.25) is 0 Å². The third kappa shape index (κ3) is 2.88. The maximum atomic E-state index is 12.1. The lowest BCUT2D eigenvalue weighted by Crippen LogP contribution is -2.24. The van der Waals surface area contributed by atoms with Crippen LogP contribution in [-0.4, -0.2) is 5.91 Å². The topological polar surface area (TPSA) is 67.1 Å². The van der Waals surface area contributed by atoms with Crippen molar-refractivity contribution in [2.24, 2.45) is 5.84 Å². The van der Waals surface area contributed by atoms with Gasteiger partial charge in [-0.2, -0.15) is 0 Å². The summed E-state index contributed by atoms with van der Waals surface area (Å²) in [7, 11) is 0. The zero-order chi connectivity index (χ0) is 13.0. The number of nitrogens with one attached hydrogen (secondary N) is 2. The number of hydrogen-bond acceptors (Lipinski definition) is 4. The summed E-state index contributed by atoms with van der Waals surface area (Å²) in [6.07, 6.45) is 0. The SMILES string of the molecule is Cc1ccc(NN)c(C(=O)NCc2cccs2)c1. The number of nitrogens with two attached hydrogens (primary N) is 1. The van der Waals surface area contributed by atoms with E-state index in [4.69, 9.17) is 5.84 Å². The molecule has 94 valence electrons. The van der Waals surface area contributed by atoms with Gasteiger partial charge in [-0.25, -0.2) is 0 Å². The Labute approximate surface area is 110 Å². The van der Waals surface area contributed by atoms with Crippen LogP contribution < -0.4 is 16.6 Å². The molecule has 0 spiro atoms. The van der Waals surface area contributed by atoms with Crippen LogP contribution in [0.1, 0.15) is 20.8 Å². The molecule has 4 nitrogen and oxygen atoms in total. The molecule has 0 aliphatic carbocycles. The maximum absolute atomic E-state index is 12.1. The summed E-state index contributed by atoms with van der Waals surface area (Å²) in [4.78, 5) is 13.2. The van der Waals surface area contributed by atoms with Gasteiger partial charge in [-0.15, -0.1) is 11.3 Å². The maximum Gasteiger partial charge on any atom is 0.253 e. The van der Waals surface area contributed by atoms with Crippen molar-refractivity contribution in [1.29, 1.82) is 0 Å². The number of hydrazine groups is 1. The van der Waals surface area contributed by atoms with Crippen LogP contribution in [0.25, 0.3) is 0 Å². The first-order valence-corrected chi connectivity index (χ1v) is 6.46.